The SMILES string of the molecule is Cc1ccc(C)c(-c2cn(CC(=O)O)c(=O)cc2C)c1. The first-order chi connectivity index (χ1) is 9.38. The third-order valence-corrected chi connectivity index (χ3v) is 3.32. The lowest BCUT2D eigenvalue weighted by atomic mass is 9.96. The van der Waals surface area contributed by atoms with Gasteiger partial charge in [0.25, 0.3) is 5.56 Å². The maximum Gasteiger partial charge on any atom is 0.323 e. The molecule has 0 spiro atoms. The van der Waals surface area contributed by atoms with Crippen LogP contribution in [0.5, 0.6) is 0 Å². The molecule has 0 saturated heterocycles. The fraction of sp³-hybridized carbons (Fsp3) is 0.250. The fourth-order valence-corrected chi connectivity index (χ4v) is 2.24. The Bertz CT molecular complexity index is 729. The molecule has 4 nitrogen and oxygen atoms in total. The van der Waals surface area contributed by atoms with Crippen LogP contribution in [0.2, 0.25) is 0 Å². The number of carbonyl (C=O) groups is 1. The zero-order valence-electron chi connectivity index (χ0n) is 11.8. The van der Waals surface area contributed by atoms with Crippen molar-refractivity contribution in [1.29, 1.82) is 0 Å². The Labute approximate surface area is 117 Å². The lowest BCUT2D eigenvalue weighted by Crippen LogP contribution is -2.23. The normalized spacial score (nSPS) is 10.6. The first-order valence-corrected chi connectivity index (χ1v) is 6.39. The van der Waals surface area contributed by atoms with Gasteiger partial charge in [0, 0.05) is 17.8 Å². The molecule has 0 amide bonds. The number of rotatable bonds is 3. The summed E-state index contributed by atoms with van der Waals surface area (Å²) in [6.45, 7) is 5.55. The highest BCUT2D eigenvalue weighted by Crippen LogP contribution is 2.26. The fourth-order valence-electron chi connectivity index (χ4n) is 2.24. The lowest BCUT2D eigenvalue weighted by Gasteiger charge is -2.13. The van der Waals surface area contributed by atoms with Crippen LogP contribution in [-0.4, -0.2) is 15.6 Å². The summed E-state index contributed by atoms with van der Waals surface area (Å²) in [7, 11) is 0. The van der Waals surface area contributed by atoms with E-state index >= 15 is 0 Å². The van der Waals surface area contributed by atoms with E-state index in [2.05, 4.69) is 0 Å². The second-order valence-electron chi connectivity index (χ2n) is 5.05. The van der Waals surface area contributed by atoms with Gasteiger partial charge in [0.15, 0.2) is 0 Å². The van der Waals surface area contributed by atoms with Crippen LogP contribution in [0.25, 0.3) is 11.1 Å². The van der Waals surface area contributed by atoms with Crippen LogP contribution in [0.3, 0.4) is 0 Å². The van der Waals surface area contributed by atoms with E-state index in [0.717, 1.165) is 27.8 Å². The average Bonchev–Trinajstić information content (AvgIpc) is 2.35. The van der Waals surface area contributed by atoms with Gasteiger partial charge in [-0.3, -0.25) is 9.59 Å². The molecule has 0 bridgehead atoms. The second kappa shape index (κ2) is 5.33. The molecule has 0 fully saturated rings. The van der Waals surface area contributed by atoms with E-state index in [1.54, 1.807) is 6.20 Å². The predicted molar refractivity (Wildman–Crippen MR) is 78.0 cm³/mol. The van der Waals surface area contributed by atoms with E-state index in [9.17, 15) is 9.59 Å². The van der Waals surface area contributed by atoms with E-state index in [0.29, 0.717) is 0 Å². The van der Waals surface area contributed by atoms with Crippen molar-refractivity contribution in [2.24, 2.45) is 0 Å². The zero-order chi connectivity index (χ0) is 14.9. The standard InChI is InChI=1S/C16H17NO3/c1-10-4-5-11(2)13(6-10)14-8-17(9-16(19)20)15(18)7-12(14)3/h4-8H,9H2,1-3H3,(H,19,20). The van der Waals surface area contributed by atoms with Crippen LogP contribution < -0.4 is 5.56 Å². The third kappa shape index (κ3) is 2.79. The lowest BCUT2D eigenvalue weighted by molar-refractivity contribution is -0.137. The van der Waals surface area contributed by atoms with Gasteiger partial charge in [-0.15, -0.1) is 0 Å². The Morgan fingerprint density at radius 2 is 1.80 bits per heavy atom. The highest BCUT2D eigenvalue weighted by molar-refractivity contribution is 5.71. The summed E-state index contributed by atoms with van der Waals surface area (Å²) in [5.41, 5.74) is 4.71. The maximum atomic E-state index is 11.8. The van der Waals surface area contributed by atoms with Crippen LogP contribution >= 0.6 is 0 Å². The van der Waals surface area contributed by atoms with E-state index in [-0.39, 0.29) is 12.1 Å². The van der Waals surface area contributed by atoms with Crippen molar-refractivity contribution >= 4 is 5.97 Å². The number of benzene rings is 1. The summed E-state index contributed by atoms with van der Waals surface area (Å²) in [5.74, 6) is -1.03. The smallest absolute Gasteiger partial charge is 0.323 e. The Morgan fingerprint density at radius 1 is 1.10 bits per heavy atom. The summed E-state index contributed by atoms with van der Waals surface area (Å²) >= 11 is 0. The molecule has 0 radical (unpaired) electrons. The number of hydrogen-bond acceptors (Lipinski definition) is 2. The summed E-state index contributed by atoms with van der Waals surface area (Å²) < 4.78 is 1.23. The molecule has 1 aromatic heterocycles. The maximum absolute atomic E-state index is 11.8. The molecule has 0 aliphatic carbocycles. The molecule has 0 aliphatic rings. The highest BCUT2D eigenvalue weighted by atomic mass is 16.4. The van der Waals surface area contributed by atoms with Crippen LogP contribution in [0.1, 0.15) is 16.7 Å². The number of hydrogen-bond donors (Lipinski definition) is 1. The molecule has 0 unspecified atom stereocenters. The van der Waals surface area contributed by atoms with Crippen molar-refractivity contribution in [2.75, 3.05) is 0 Å². The first-order valence-electron chi connectivity index (χ1n) is 6.39. The van der Waals surface area contributed by atoms with Crippen molar-refractivity contribution in [3.8, 4) is 11.1 Å². The Kier molecular flexibility index (Phi) is 3.74. The highest BCUT2D eigenvalue weighted by Gasteiger charge is 2.10. The number of nitrogens with zero attached hydrogens (tertiary/aromatic N) is 1. The number of aryl methyl sites for hydroxylation is 3. The van der Waals surface area contributed by atoms with Gasteiger partial charge in [-0.2, -0.15) is 0 Å². The van der Waals surface area contributed by atoms with Gasteiger partial charge in [0.1, 0.15) is 6.54 Å². The van der Waals surface area contributed by atoms with Crippen LogP contribution in [-0.2, 0) is 11.3 Å². The van der Waals surface area contributed by atoms with Crippen molar-refractivity contribution in [3.63, 3.8) is 0 Å². The van der Waals surface area contributed by atoms with E-state index in [4.69, 9.17) is 5.11 Å². The summed E-state index contributed by atoms with van der Waals surface area (Å²) in [5, 5.41) is 8.86. The Balaban J connectivity index is 2.64. The largest absolute Gasteiger partial charge is 0.480 e. The summed E-state index contributed by atoms with van der Waals surface area (Å²) in [4.78, 5) is 22.6. The molecule has 2 aromatic rings. The molecular weight excluding hydrogens is 254 g/mol. The van der Waals surface area contributed by atoms with Gasteiger partial charge < -0.3 is 9.67 Å². The number of carboxylic acid groups (broad SMARTS) is 1. The quantitative estimate of drug-likeness (QED) is 0.933. The van der Waals surface area contributed by atoms with Crippen molar-refractivity contribution in [2.45, 2.75) is 27.3 Å². The molecule has 0 atom stereocenters. The molecule has 1 heterocycles. The molecule has 0 saturated carbocycles. The average molecular weight is 271 g/mol. The van der Waals surface area contributed by atoms with Crippen molar-refractivity contribution in [3.05, 3.63) is 57.5 Å². The zero-order valence-corrected chi connectivity index (χ0v) is 11.8. The molecule has 0 aliphatic heterocycles. The molecule has 104 valence electrons. The van der Waals surface area contributed by atoms with Crippen LogP contribution in [0, 0.1) is 20.8 Å². The van der Waals surface area contributed by atoms with Crippen molar-refractivity contribution in [1.82, 2.24) is 4.57 Å². The third-order valence-electron chi connectivity index (χ3n) is 3.32. The summed E-state index contributed by atoms with van der Waals surface area (Å²) in [6.07, 6.45) is 1.63. The predicted octanol–water partition coefficient (Wildman–Crippen LogP) is 2.53. The Hall–Kier alpha value is -2.36. The second-order valence-corrected chi connectivity index (χ2v) is 5.05. The van der Waals surface area contributed by atoms with E-state index < -0.39 is 5.97 Å². The van der Waals surface area contributed by atoms with Gasteiger partial charge in [0.2, 0.25) is 0 Å². The molecular formula is C16H17NO3. The van der Waals surface area contributed by atoms with Gasteiger partial charge in [-0.25, -0.2) is 0 Å². The van der Waals surface area contributed by atoms with Gasteiger partial charge >= 0.3 is 5.97 Å². The van der Waals surface area contributed by atoms with Gasteiger partial charge in [0.05, 0.1) is 0 Å². The number of carboxylic acids is 1. The molecule has 1 N–H and O–H groups in total. The number of aromatic nitrogens is 1. The van der Waals surface area contributed by atoms with Crippen LogP contribution in [0.4, 0.5) is 0 Å². The van der Waals surface area contributed by atoms with Gasteiger partial charge in [-0.05, 0) is 37.5 Å². The minimum atomic E-state index is -1.03. The molecule has 20 heavy (non-hydrogen) atoms. The van der Waals surface area contributed by atoms with Crippen LogP contribution in [0.15, 0.2) is 35.3 Å². The number of pyridine rings is 1. The minimum absolute atomic E-state index is 0.293. The Morgan fingerprint density at radius 3 is 2.45 bits per heavy atom. The number of aliphatic carboxylic acids is 1. The summed E-state index contributed by atoms with van der Waals surface area (Å²) in [6, 6.07) is 7.59. The molecule has 1 aromatic carbocycles. The molecule has 2 rings (SSSR count). The van der Waals surface area contributed by atoms with Crippen molar-refractivity contribution < 1.29 is 9.90 Å². The van der Waals surface area contributed by atoms with Gasteiger partial charge in [-0.1, -0.05) is 23.8 Å². The van der Waals surface area contributed by atoms with E-state index in [1.165, 1.54) is 10.6 Å². The van der Waals surface area contributed by atoms with E-state index in [1.807, 2.05) is 39.0 Å². The minimum Gasteiger partial charge on any atom is -0.480 e. The topological polar surface area (TPSA) is 59.3 Å². The first kappa shape index (κ1) is 14.1. The molecule has 4 heteroatoms. The monoisotopic (exact) mass is 271 g/mol.